The summed E-state index contributed by atoms with van der Waals surface area (Å²) in [5.74, 6) is -0.644. The number of unbranched alkanes of at least 4 members (excludes halogenated alkanes) is 3. The van der Waals surface area contributed by atoms with E-state index in [0.29, 0.717) is 6.61 Å². The zero-order valence-corrected chi connectivity index (χ0v) is 11.0. The highest BCUT2D eigenvalue weighted by Crippen LogP contribution is 2.23. The molecule has 0 aliphatic heterocycles. The van der Waals surface area contributed by atoms with Crippen molar-refractivity contribution in [1.82, 2.24) is 0 Å². The molecule has 0 saturated carbocycles. The van der Waals surface area contributed by atoms with Crippen LogP contribution >= 0.6 is 23.2 Å². The van der Waals surface area contributed by atoms with Crippen LogP contribution in [0, 0.1) is 5.92 Å². The fourth-order valence-corrected chi connectivity index (χ4v) is 1.84. The summed E-state index contributed by atoms with van der Waals surface area (Å²) < 4.78 is 4.91. The van der Waals surface area contributed by atoms with Gasteiger partial charge in [0.15, 0.2) is 0 Å². The smallest absolute Gasteiger partial charge is 0.311 e. The lowest BCUT2D eigenvalue weighted by molar-refractivity contribution is -0.147. The van der Waals surface area contributed by atoms with Crippen molar-refractivity contribution in [2.75, 3.05) is 6.61 Å². The van der Waals surface area contributed by atoms with Crippen molar-refractivity contribution in [3.63, 3.8) is 0 Å². The van der Waals surface area contributed by atoms with E-state index in [1.54, 1.807) is 6.92 Å². The summed E-state index contributed by atoms with van der Waals surface area (Å²) in [5.41, 5.74) is 0. The summed E-state index contributed by atoms with van der Waals surface area (Å²) in [4.78, 5) is 10.8. The first-order valence-corrected chi connectivity index (χ1v) is 6.45. The van der Waals surface area contributed by atoms with E-state index in [1.165, 1.54) is 12.8 Å². The van der Waals surface area contributed by atoms with Gasteiger partial charge < -0.3 is 4.74 Å². The van der Waals surface area contributed by atoms with Crippen molar-refractivity contribution in [2.24, 2.45) is 5.92 Å². The van der Waals surface area contributed by atoms with E-state index < -0.39 is 4.84 Å². The molecule has 0 heterocycles. The van der Waals surface area contributed by atoms with Crippen molar-refractivity contribution >= 4 is 29.2 Å². The predicted molar refractivity (Wildman–Crippen MR) is 64.4 cm³/mol. The molecule has 0 radical (unpaired) electrons. The largest absolute Gasteiger partial charge is 0.466 e. The second-order valence-corrected chi connectivity index (χ2v) is 4.71. The maximum atomic E-state index is 11.5. The molecule has 1 atom stereocenters. The Bertz CT molecular complexity index is 172. The van der Waals surface area contributed by atoms with Crippen LogP contribution < -0.4 is 0 Å². The molecule has 0 N–H and O–H groups in total. The molecule has 0 aliphatic rings. The molecule has 2 nitrogen and oxygen atoms in total. The average Bonchev–Trinajstić information content (AvgIpc) is 2.17. The molecule has 15 heavy (non-hydrogen) atoms. The van der Waals surface area contributed by atoms with Gasteiger partial charge in [-0.3, -0.25) is 4.79 Å². The van der Waals surface area contributed by atoms with Gasteiger partial charge in [0.1, 0.15) is 4.84 Å². The number of carbonyl (C=O) groups is 1. The van der Waals surface area contributed by atoms with Gasteiger partial charge in [-0.05, 0) is 13.3 Å². The van der Waals surface area contributed by atoms with Gasteiger partial charge in [0, 0.05) is 0 Å². The maximum absolute atomic E-state index is 11.5. The Labute approximate surface area is 102 Å². The van der Waals surface area contributed by atoms with Crippen LogP contribution in [0.4, 0.5) is 0 Å². The van der Waals surface area contributed by atoms with Crippen LogP contribution in [-0.4, -0.2) is 17.4 Å². The second kappa shape index (κ2) is 9.29. The van der Waals surface area contributed by atoms with E-state index in [4.69, 9.17) is 27.9 Å². The first-order valence-electron chi connectivity index (χ1n) is 5.58. The third-order valence-electron chi connectivity index (χ3n) is 2.26. The number of carbonyl (C=O) groups excluding carboxylic acids is 1. The molecule has 0 aromatic rings. The average molecular weight is 255 g/mol. The lowest BCUT2D eigenvalue weighted by atomic mass is 10.0. The van der Waals surface area contributed by atoms with E-state index in [-0.39, 0.29) is 11.9 Å². The van der Waals surface area contributed by atoms with Crippen molar-refractivity contribution in [2.45, 2.75) is 50.8 Å². The van der Waals surface area contributed by atoms with E-state index in [0.717, 1.165) is 19.3 Å². The number of alkyl halides is 2. The minimum Gasteiger partial charge on any atom is -0.466 e. The zero-order valence-electron chi connectivity index (χ0n) is 9.47. The number of hydrogen-bond donors (Lipinski definition) is 0. The fourth-order valence-electron chi connectivity index (χ4n) is 1.39. The van der Waals surface area contributed by atoms with Crippen LogP contribution in [0.5, 0.6) is 0 Å². The summed E-state index contributed by atoms with van der Waals surface area (Å²) in [6, 6.07) is 0. The fraction of sp³-hybridized carbons (Fsp3) is 0.909. The third-order valence-corrected chi connectivity index (χ3v) is 2.87. The molecule has 0 bridgehead atoms. The van der Waals surface area contributed by atoms with Crippen LogP contribution in [0.2, 0.25) is 0 Å². The monoisotopic (exact) mass is 254 g/mol. The minimum atomic E-state index is -0.661. The summed E-state index contributed by atoms with van der Waals surface area (Å²) >= 11 is 11.5. The Morgan fingerprint density at radius 3 is 2.33 bits per heavy atom. The molecule has 1 unspecified atom stereocenters. The maximum Gasteiger partial charge on any atom is 0.311 e. The molecular weight excluding hydrogens is 235 g/mol. The molecule has 0 rings (SSSR count). The lowest BCUT2D eigenvalue weighted by Gasteiger charge is -2.15. The van der Waals surface area contributed by atoms with Gasteiger partial charge in [0.2, 0.25) is 0 Å². The zero-order chi connectivity index (χ0) is 11.7. The molecule has 0 aliphatic carbocycles. The quantitative estimate of drug-likeness (QED) is 0.373. The molecular formula is C11H20Cl2O2. The van der Waals surface area contributed by atoms with Crippen molar-refractivity contribution in [1.29, 1.82) is 0 Å². The molecule has 90 valence electrons. The standard InChI is InChI=1S/C11H20Cl2O2/c1-3-5-6-7-8-9(10(12)13)11(14)15-4-2/h9-10H,3-8H2,1-2H3. The van der Waals surface area contributed by atoms with E-state index in [9.17, 15) is 4.79 Å². The van der Waals surface area contributed by atoms with Gasteiger partial charge >= 0.3 is 5.97 Å². The number of ether oxygens (including phenoxy) is 1. The summed E-state index contributed by atoms with van der Waals surface area (Å²) in [7, 11) is 0. The first-order chi connectivity index (χ1) is 7.13. The van der Waals surface area contributed by atoms with Gasteiger partial charge in [0.05, 0.1) is 12.5 Å². The van der Waals surface area contributed by atoms with E-state index in [1.807, 2.05) is 0 Å². The minimum absolute atomic E-state index is 0.274. The van der Waals surface area contributed by atoms with Crippen molar-refractivity contribution < 1.29 is 9.53 Å². The molecule has 0 spiro atoms. The molecule has 0 amide bonds. The van der Waals surface area contributed by atoms with Gasteiger partial charge in [-0.1, -0.05) is 32.6 Å². The molecule has 0 aromatic heterocycles. The highest BCUT2D eigenvalue weighted by molar-refractivity contribution is 6.45. The van der Waals surface area contributed by atoms with Crippen molar-refractivity contribution in [3.05, 3.63) is 0 Å². The summed E-state index contributed by atoms with van der Waals surface area (Å²) in [6.45, 7) is 4.31. The highest BCUT2D eigenvalue weighted by Gasteiger charge is 2.25. The van der Waals surface area contributed by atoms with E-state index >= 15 is 0 Å². The van der Waals surface area contributed by atoms with E-state index in [2.05, 4.69) is 6.92 Å². The van der Waals surface area contributed by atoms with Crippen LogP contribution in [0.3, 0.4) is 0 Å². The SMILES string of the molecule is CCCCCCC(C(=O)OCC)C(Cl)Cl. The van der Waals surface area contributed by atoms with Gasteiger partial charge in [-0.15, -0.1) is 23.2 Å². The molecule has 0 saturated heterocycles. The Kier molecular flexibility index (Phi) is 9.32. The van der Waals surface area contributed by atoms with Crippen LogP contribution in [-0.2, 0) is 9.53 Å². The van der Waals surface area contributed by atoms with Gasteiger partial charge in [0.25, 0.3) is 0 Å². The normalized spacial score (nSPS) is 12.9. The lowest BCUT2D eigenvalue weighted by Crippen LogP contribution is -2.23. The summed E-state index contributed by atoms with van der Waals surface area (Å²) in [6.07, 6.45) is 5.18. The third kappa shape index (κ3) is 7.02. The predicted octanol–water partition coefficient (Wildman–Crippen LogP) is 3.94. The Morgan fingerprint density at radius 1 is 1.20 bits per heavy atom. The number of hydrogen-bond acceptors (Lipinski definition) is 2. The second-order valence-electron chi connectivity index (χ2n) is 3.54. The topological polar surface area (TPSA) is 26.3 Å². The van der Waals surface area contributed by atoms with Gasteiger partial charge in [-0.2, -0.15) is 0 Å². The van der Waals surface area contributed by atoms with Crippen LogP contribution in [0.25, 0.3) is 0 Å². The Morgan fingerprint density at radius 2 is 1.87 bits per heavy atom. The van der Waals surface area contributed by atoms with Crippen LogP contribution in [0.15, 0.2) is 0 Å². The van der Waals surface area contributed by atoms with Gasteiger partial charge in [-0.25, -0.2) is 0 Å². The molecule has 0 aromatic carbocycles. The Balaban J connectivity index is 3.88. The highest BCUT2D eigenvalue weighted by atomic mass is 35.5. The summed E-state index contributed by atoms with van der Waals surface area (Å²) in [5, 5.41) is 0. The number of esters is 1. The molecule has 4 heteroatoms. The number of halogens is 2. The van der Waals surface area contributed by atoms with Crippen LogP contribution in [0.1, 0.15) is 46.0 Å². The number of rotatable bonds is 8. The van der Waals surface area contributed by atoms with Crippen molar-refractivity contribution in [3.8, 4) is 0 Å². The Hall–Kier alpha value is 0.0500. The first kappa shape index (κ1) is 15.0. The molecule has 0 fully saturated rings.